The fourth-order valence-corrected chi connectivity index (χ4v) is 1.22. The number of rotatable bonds is 1. The molecule has 13 heavy (non-hydrogen) atoms. The molecule has 0 aliphatic carbocycles. The van der Waals surface area contributed by atoms with Crippen molar-refractivity contribution in [2.75, 3.05) is 5.32 Å². The van der Waals surface area contributed by atoms with Crippen LogP contribution in [0.2, 0.25) is 0 Å². The summed E-state index contributed by atoms with van der Waals surface area (Å²) in [5.41, 5.74) is 0.784. The van der Waals surface area contributed by atoms with Crippen LogP contribution in [0.5, 0.6) is 0 Å². The summed E-state index contributed by atoms with van der Waals surface area (Å²) in [5, 5.41) is 3.58. The third-order valence-electron chi connectivity index (χ3n) is 1.72. The summed E-state index contributed by atoms with van der Waals surface area (Å²) in [6.07, 6.45) is 0. The number of amides is 1. The van der Waals surface area contributed by atoms with Crippen molar-refractivity contribution in [2.45, 2.75) is 6.92 Å². The molecule has 0 atom stereocenters. The first kappa shape index (κ1) is 7.86. The van der Waals surface area contributed by atoms with Crippen LogP contribution >= 0.6 is 0 Å². The monoisotopic (exact) mass is 175 g/mol. The van der Waals surface area contributed by atoms with E-state index >= 15 is 0 Å². The zero-order valence-corrected chi connectivity index (χ0v) is 7.20. The van der Waals surface area contributed by atoms with Crippen LogP contribution in [0.3, 0.4) is 0 Å². The van der Waals surface area contributed by atoms with Gasteiger partial charge in [0.05, 0.1) is 0 Å². The lowest BCUT2D eigenvalue weighted by Crippen LogP contribution is -2.04. The van der Waals surface area contributed by atoms with Gasteiger partial charge in [0, 0.05) is 18.4 Å². The quantitative estimate of drug-likeness (QED) is 0.723. The first-order valence-electron chi connectivity index (χ1n) is 4.02. The molecular formula is C10H9NO2. The molecule has 66 valence electrons. The number of hydrogen-bond donors (Lipinski definition) is 1. The van der Waals surface area contributed by atoms with Gasteiger partial charge < -0.3 is 4.42 Å². The molecule has 2 rings (SSSR count). The molecule has 0 radical (unpaired) electrons. The van der Waals surface area contributed by atoms with Gasteiger partial charge >= 0.3 is 0 Å². The summed E-state index contributed by atoms with van der Waals surface area (Å²) < 4.78 is 5.35. The molecule has 1 aromatic heterocycles. The van der Waals surface area contributed by atoms with Gasteiger partial charge in [-0.15, -0.1) is 0 Å². The molecule has 3 nitrogen and oxygen atoms in total. The van der Waals surface area contributed by atoms with Gasteiger partial charge in [0.15, 0.2) is 0 Å². The Labute approximate surface area is 75.3 Å². The predicted molar refractivity (Wildman–Crippen MR) is 50.5 cm³/mol. The number of hydrogen-bond acceptors (Lipinski definition) is 2. The Morgan fingerprint density at radius 1 is 1.38 bits per heavy atom. The number of carbonyl (C=O) groups excluding carboxylic acids is 1. The normalized spacial score (nSPS) is 10.2. The van der Waals surface area contributed by atoms with Gasteiger partial charge in [-0.2, -0.15) is 0 Å². The molecule has 2 aromatic rings. The van der Waals surface area contributed by atoms with Crippen molar-refractivity contribution in [3.8, 4) is 0 Å². The van der Waals surface area contributed by atoms with Crippen LogP contribution in [0.15, 0.2) is 34.7 Å². The highest BCUT2D eigenvalue weighted by atomic mass is 16.4. The second-order valence-corrected chi connectivity index (χ2v) is 2.83. The van der Waals surface area contributed by atoms with Crippen LogP contribution in [-0.2, 0) is 4.79 Å². The highest BCUT2D eigenvalue weighted by Crippen LogP contribution is 2.22. The maximum absolute atomic E-state index is 10.7. The Morgan fingerprint density at radius 3 is 2.85 bits per heavy atom. The number of carbonyl (C=O) groups is 1. The minimum absolute atomic E-state index is 0.126. The van der Waals surface area contributed by atoms with E-state index in [1.54, 1.807) is 6.07 Å². The predicted octanol–water partition coefficient (Wildman–Crippen LogP) is 2.39. The molecule has 0 aliphatic rings. The Morgan fingerprint density at radius 2 is 2.15 bits per heavy atom. The standard InChI is InChI=1S/C10H9NO2/c1-7(12)11-10-6-8-4-2-3-5-9(8)13-10/h2-6H,1H3,(H,11,12). The first-order chi connectivity index (χ1) is 6.25. The number of para-hydroxylation sites is 1. The van der Waals surface area contributed by atoms with E-state index in [1.807, 2.05) is 24.3 Å². The molecular weight excluding hydrogens is 166 g/mol. The van der Waals surface area contributed by atoms with Crippen molar-refractivity contribution in [3.63, 3.8) is 0 Å². The highest BCUT2D eigenvalue weighted by Gasteiger charge is 2.02. The van der Waals surface area contributed by atoms with Gasteiger partial charge in [-0.1, -0.05) is 18.2 Å². The Balaban J connectivity index is 2.44. The van der Waals surface area contributed by atoms with E-state index in [0.717, 1.165) is 11.0 Å². The van der Waals surface area contributed by atoms with Crippen molar-refractivity contribution < 1.29 is 9.21 Å². The number of furan rings is 1. The van der Waals surface area contributed by atoms with Crippen LogP contribution < -0.4 is 5.32 Å². The second kappa shape index (κ2) is 2.94. The molecule has 0 saturated heterocycles. The third kappa shape index (κ3) is 1.54. The Bertz CT molecular complexity index is 412. The van der Waals surface area contributed by atoms with Gasteiger partial charge in [-0.05, 0) is 6.07 Å². The Hall–Kier alpha value is -1.77. The average molecular weight is 175 g/mol. The molecule has 0 unspecified atom stereocenters. The molecule has 0 saturated carbocycles. The third-order valence-corrected chi connectivity index (χ3v) is 1.72. The lowest BCUT2D eigenvalue weighted by atomic mass is 10.3. The van der Waals surface area contributed by atoms with Gasteiger partial charge in [-0.3, -0.25) is 10.1 Å². The minimum atomic E-state index is -0.126. The molecule has 0 bridgehead atoms. The molecule has 0 spiro atoms. The molecule has 1 amide bonds. The van der Waals surface area contributed by atoms with Crippen LogP contribution in [0.25, 0.3) is 11.0 Å². The van der Waals surface area contributed by atoms with Gasteiger partial charge in [0.25, 0.3) is 0 Å². The lowest BCUT2D eigenvalue weighted by molar-refractivity contribution is -0.114. The van der Waals surface area contributed by atoms with Crippen molar-refractivity contribution >= 4 is 22.8 Å². The molecule has 1 aromatic carbocycles. The fourth-order valence-electron chi connectivity index (χ4n) is 1.22. The summed E-state index contributed by atoms with van der Waals surface area (Å²) >= 11 is 0. The van der Waals surface area contributed by atoms with E-state index in [2.05, 4.69) is 5.32 Å². The SMILES string of the molecule is CC(=O)Nc1cc2ccccc2o1. The van der Waals surface area contributed by atoms with Crippen LogP contribution in [0.1, 0.15) is 6.92 Å². The van der Waals surface area contributed by atoms with E-state index < -0.39 is 0 Å². The summed E-state index contributed by atoms with van der Waals surface area (Å²) in [7, 11) is 0. The van der Waals surface area contributed by atoms with Crippen LogP contribution in [-0.4, -0.2) is 5.91 Å². The first-order valence-corrected chi connectivity index (χ1v) is 4.02. The summed E-state index contributed by atoms with van der Waals surface area (Å²) in [4.78, 5) is 10.7. The van der Waals surface area contributed by atoms with E-state index in [4.69, 9.17) is 4.42 Å². The fraction of sp³-hybridized carbons (Fsp3) is 0.100. The summed E-state index contributed by atoms with van der Waals surface area (Å²) in [5.74, 6) is 0.368. The highest BCUT2D eigenvalue weighted by molar-refractivity contribution is 5.90. The maximum atomic E-state index is 10.7. The molecule has 1 N–H and O–H groups in total. The molecule has 0 fully saturated rings. The molecule has 3 heteroatoms. The zero-order chi connectivity index (χ0) is 9.26. The van der Waals surface area contributed by atoms with Crippen molar-refractivity contribution in [1.29, 1.82) is 0 Å². The van der Waals surface area contributed by atoms with Gasteiger partial charge in [0.1, 0.15) is 5.58 Å². The largest absolute Gasteiger partial charge is 0.440 e. The minimum Gasteiger partial charge on any atom is -0.440 e. The van der Waals surface area contributed by atoms with Crippen LogP contribution in [0, 0.1) is 0 Å². The number of benzene rings is 1. The van der Waals surface area contributed by atoms with Crippen molar-refractivity contribution in [2.24, 2.45) is 0 Å². The number of fused-ring (bicyclic) bond motifs is 1. The smallest absolute Gasteiger partial charge is 0.223 e. The average Bonchev–Trinajstić information content (AvgIpc) is 2.44. The summed E-state index contributed by atoms with van der Waals surface area (Å²) in [6.45, 7) is 1.45. The van der Waals surface area contributed by atoms with E-state index in [-0.39, 0.29) is 5.91 Å². The zero-order valence-electron chi connectivity index (χ0n) is 7.20. The number of anilines is 1. The van der Waals surface area contributed by atoms with Gasteiger partial charge in [-0.25, -0.2) is 0 Å². The molecule has 0 aliphatic heterocycles. The molecule has 1 heterocycles. The van der Waals surface area contributed by atoms with E-state index in [9.17, 15) is 4.79 Å². The lowest BCUT2D eigenvalue weighted by Gasteiger charge is -1.92. The topological polar surface area (TPSA) is 42.2 Å². The number of nitrogens with one attached hydrogen (secondary N) is 1. The van der Waals surface area contributed by atoms with E-state index in [1.165, 1.54) is 6.92 Å². The van der Waals surface area contributed by atoms with Gasteiger partial charge in [0.2, 0.25) is 11.8 Å². The summed E-state index contributed by atoms with van der Waals surface area (Å²) in [6, 6.07) is 9.42. The van der Waals surface area contributed by atoms with Crippen molar-refractivity contribution in [3.05, 3.63) is 30.3 Å². The van der Waals surface area contributed by atoms with E-state index in [0.29, 0.717) is 5.88 Å². The maximum Gasteiger partial charge on any atom is 0.223 e. The van der Waals surface area contributed by atoms with Crippen molar-refractivity contribution in [1.82, 2.24) is 0 Å². The Kier molecular flexibility index (Phi) is 1.77. The second-order valence-electron chi connectivity index (χ2n) is 2.83. The van der Waals surface area contributed by atoms with Crippen LogP contribution in [0.4, 0.5) is 5.88 Å².